The summed E-state index contributed by atoms with van der Waals surface area (Å²) < 4.78 is 88.6. The summed E-state index contributed by atoms with van der Waals surface area (Å²) in [6.45, 7) is 3.86. The first kappa shape index (κ1) is 32.9. The summed E-state index contributed by atoms with van der Waals surface area (Å²) >= 11 is 0. The van der Waals surface area contributed by atoms with Gasteiger partial charge in [-0.1, -0.05) is 18.2 Å². The fourth-order valence-electron chi connectivity index (χ4n) is 4.15. The highest BCUT2D eigenvalue weighted by Gasteiger charge is 2.42. The van der Waals surface area contributed by atoms with Gasteiger partial charge >= 0.3 is 24.3 Å². The van der Waals surface area contributed by atoms with Crippen molar-refractivity contribution in [1.82, 2.24) is 9.88 Å². The van der Waals surface area contributed by atoms with E-state index in [9.17, 15) is 30.7 Å². The van der Waals surface area contributed by atoms with Crippen molar-refractivity contribution in [2.75, 3.05) is 19.8 Å². The number of carboxylic acid groups (broad SMARTS) is 2. The highest BCUT2D eigenvalue weighted by Crippen LogP contribution is 2.35. The molecule has 2 aliphatic rings. The first-order chi connectivity index (χ1) is 18.7. The standard InChI is InChI=1S/C21H25FN2O2.2C2HF3O2/c22-19-6-3-16(4-7-19)13-24-10-11-26-21-18(5-8-20(21)24)15-25-14-17-2-1-9-23-12-17;2*3-2(4,5)1(6)7/h1-4,6-7,9,12,18,20-21H,5,8,10-11,13-15H2;2*(H,6,7). The fourth-order valence-corrected chi connectivity index (χ4v) is 4.15. The average Bonchev–Trinajstić information content (AvgIpc) is 3.30. The second-order valence-corrected chi connectivity index (χ2v) is 8.82. The maximum absolute atomic E-state index is 13.1. The Labute approximate surface area is 224 Å². The number of alkyl halides is 6. The van der Waals surface area contributed by atoms with Gasteiger partial charge in [-0.15, -0.1) is 0 Å². The number of carbonyl (C=O) groups is 2. The van der Waals surface area contributed by atoms with Crippen LogP contribution >= 0.6 is 0 Å². The van der Waals surface area contributed by atoms with Gasteiger partial charge in [0.15, 0.2) is 0 Å². The third-order valence-electron chi connectivity index (χ3n) is 5.94. The summed E-state index contributed by atoms with van der Waals surface area (Å²) in [6, 6.07) is 11.2. The van der Waals surface area contributed by atoms with Crippen molar-refractivity contribution >= 4 is 11.9 Å². The van der Waals surface area contributed by atoms with Crippen molar-refractivity contribution in [3.05, 3.63) is 65.7 Å². The van der Waals surface area contributed by atoms with Gasteiger partial charge in [-0.25, -0.2) is 14.0 Å². The Morgan fingerprint density at radius 1 is 0.975 bits per heavy atom. The van der Waals surface area contributed by atoms with Crippen molar-refractivity contribution in [1.29, 1.82) is 0 Å². The molecule has 3 unspecified atom stereocenters. The van der Waals surface area contributed by atoms with Crippen LogP contribution in [0.15, 0.2) is 48.8 Å². The number of fused-ring (bicyclic) bond motifs is 1. The van der Waals surface area contributed by atoms with Gasteiger partial charge < -0.3 is 19.7 Å². The maximum atomic E-state index is 13.1. The molecule has 1 saturated carbocycles. The molecule has 8 nitrogen and oxygen atoms in total. The van der Waals surface area contributed by atoms with Crippen LogP contribution in [0.2, 0.25) is 0 Å². The number of morpholine rings is 1. The molecule has 1 aromatic heterocycles. The normalized spacial score (nSPS) is 20.8. The molecule has 15 heteroatoms. The molecule has 1 saturated heterocycles. The summed E-state index contributed by atoms with van der Waals surface area (Å²) in [6.07, 6.45) is -4.05. The first-order valence-electron chi connectivity index (χ1n) is 11.9. The zero-order chi connectivity index (χ0) is 29.9. The highest BCUT2D eigenvalue weighted by atomic mass is 19.4. The van der Waals surface area contributed by atoms with Crippen LogP contribution in [0.3, 0.4) is 0 Å². The summed E-state index contributed by atoms with van der Waals surface area (Å²) in [5.41, 5.74) is 2.26. The van der Waals surface area contributed by atoms with Crippen molar-refractivity contribution in [3.8, 4) is 0 Å². The van der Waals surface area contributed by atoms with Crippen LogP contribution < -0.4 is 0 Å². The van der Waals surface area contributed by atoms with Crippen molar-refractivity contribution in [2.24, 2.45) is 5.92 Å². The monoisotopic (exact) mass is 584 g/mol. The van der Waals surface area contributed by atoms with Gasteiger partial charge in [0.05, 0.1) is 25.9 Å². The highest BCUT2D eigenvalue weighted by molar-refractivity contribution is 5.73. The summed E-state index contributed by atoms with van der Waals surface area (Å²) in [5, 5.41) is 14.2. The SMILES string of the molecule is Fc1ccc(CN2CCOC3C(COCc4cccnc4)CCC32)cc1.O=C(O)C(F)(F)F.O=C(O)C(F)(F)F. The number of rotatable bonds is 6. The van der Waals surface area contributed by atoms with E-state index in [1.54, 1.807) is 6.20 Å². The minimum atomic E-state index is -5.08. The Morgan fingerprint density at radius 2 is 1.57 bits per heavy atom. The first-order valence-corrected chi connectivity index (χ1v) is 11.9. The Bertz CT molecular complexity index is 1040. The molecule has 0 bridgehead atoms. The van der Waals surface area contributed by atoms with Gasteiger partial charge in [0.1, 0.15) is 5.82 Å². The van der Waals surface area contributed by atoms with Gasteiger partial charge in [0, 0.05) is 37.4 Å². The van der Waals surface area contributed by atoms with Gasteiger partial charge in [-0.05, 0) is 42.2 Å². The van der Waals surface area contributed by atoms with E-state index in [0.717, 1.165) is 50.3 Å². The lowest BCUT2D eigenvalue weighted by Gasteiger charge is -2.39. The molecule has 1 aliphatic heterocycles. The molecule has 40 heavy (non-hydrogen) atoms. The smallest absolute Gasteiger partial charge is 0.475 e. The van der Waals surface area contributed by atoms with E-state index in [1.807, 2.05) is 30.5 Å². The molecule has 222 valence electrons. The summed E-state index contributed by atoms with van der Waals surface area (Å²) in [4.78, 5) is 24.4. The second kappa shape index (κ2) is 14.9. The number of nitrogens with zero attached hydrogens (tertiary/aromatic N) is 2. The Hall–Kier alpha value is -3.30. The number of hydrogen-bond donors (Lipinski definition) is 2. The van der Waals surface area contributed by atoms with Gasteiger partial charge in [-0.2, -0.15) is 26.3 Å². The summed E-state index contributed by atoms with van der Waals surface area (Å²) in [7, 11) is 0. The lowest BCUT2D eigenvalue weighted by molar-refractivity contribution is -0.193. The van der Waals surface area contributed by atoms with Crippen LogP contribution in [-0.4, -0.2) is 76.3 Å². The molecule has 0 radical (unpaired) electrons. The van der Waals surface area contributed by atoms with Crippen LogP contribution in [0.1, 0.15) is 24.0 Å². The van der Waals surface area contributed by atoms with E-state index >= 15 is 0 Å². The van der Waals surface area contributed by atoms with E-state index in [1.165, 1.54) is 12.1 Å². The van der Waals surface area contributed by atoms with E-state index in [2.05, 4.69) is 9.88 Å². The zero-order valence-corrected chi connectivity index (χ0v) is 20.9. The molecule has 2 heterocycles. The third-order valence-corrected chi connectivity index (χ3v) is 5.94. The molecule has 2 N–H and O–H groups in total. The van der Waals surface area contributed by atoms with E-state index in [4.69, 9.17) is 29.3 Å². The maximum Gasteiger partial charge on any atom is 0.490 e. The summed E-state index contributed by atoms with van der Waals surface area (Å²) in [5.74, 6) is -5.26. The molecule has 1 aliphatic carbocycles. The van der Waals surface area contributed by atoms with Crippen LogP contribution in [0.25, 0.3) is 0 Å². The van der Waals surface area contributed by atoms with Crippen molar-refractivity contribution in [3.63, 3.8) is 0 Å². The molecule has 3 atom stereocenters. The number of halogens is 7. The fraction of sp³-hybridized carbons (Fsp3) is 0.480. The van der Waals surface area contributed by atoms with Crippen LogP contribution in [0.4, 0.5) is 30.7 Å². The van der Waals surface area contributed by atoms with Crippen LogP contribution in [-0.2, 0) is 32.2 Å². The Kier molecular flexibility index (Phi) is 12.3. The Balaban J connectivity index is 0.000000333. The van der Waals surface area contributed by atoms with Crippen LogP contribution in [0.5, 0.6) is 0 Å². The lowest BCUT2D eigenvalue weighted by atomic mass is 10.0. The van der Waals surface area contributed by atoms with E-state index < -0.39 is 24.3 Å². The molecule has 0 spiro atoms. The lowest BCUT2D eigenvalue weighted by Crippen LogP contribution is -2.50. The molecular formula is C25H27F7N2O6. The third kappa shape index (κ3) is 11.1. The number of ether oxygens (including phenoxy) is 2. The molecule has 4 rings (SSSR count). The van der Waals surface area contributed by atoms with Crippen molar-refractivity contribution in [2.45, 2.75) is 50.5 Å². The van der Waals surface area contributed by atoms with Crippen LogP contribution in [0, 0.1) is 11.7 Å². The number of aliphatic carboxylic acids is 2. The van der Waals surface area contributed by atoms with Crippen molar-refractivity contribution < 1.29 is 60.0 Å². The largest absolute Gasteiger partial charge is 0.490 e. The zero-order valence-electron chi connectivity index (χ0n) is 20.9. The van der Waals surface area contributed by atoms with Gasteiger partial charge in [-0.3, -0.25) is 9.88 Å². The van der Waals surface area contributed by atoms with E-state index in [0.29, 0.717) is 18.6 Å². The second-order valence-electron chi connectivity index (χ2n) is 8.82. The number of hydrogen-bond acceptors (Lipinski definition) is 6. The minimum absolute atomic E-state index is 0.180. The molecular weight excluding hydrogens is 557 g/mol. The quantitative estimate of drug-likeness (QED) is 0.472. The van der Waals surface area contributed by atoms with E-state index in [-0.39, 0.29) is 11.9 Å². The molecule has 2 fully saturated rings. The topological polar surface area (TPSA) is 109 Å². The minimum Gasteiger partial charge on any atom is -0.475 e. The van der Waals surface area contributed by atoms with Gasteiger partial charge in [0.2, 0.25) is 0 Å². The number of carboxylic acids is 2. The number of benzene rings is 1. The Morgan fingerprint density at radius 3 is 2.10 bits per heavy atom. The number of pyridine rings is 1. The predicted molar refractivity (Wildman–Crippen MR) is 124 cm³/mol. The molecule has 1 aromatic carbocycles. The molecule has 2 aromatic rings. The predicted octanol–water partition coefficient (Wildman–Crippen LogP) is 4.68. The van der Waals surface area contributed by atoms with Gasteiger partial charge in [0.25, 0.3) is 0 Å². The number of aromatic nitrogens is 1. The average molecular weight is 584 g/mol. The molecule has 0 amide bonds.